The predicted molar refractivity (Wildman–Crippen MR) is 83.9 cm³/mol. The third kappa shape index (κ3) is 4.95. The molecule has 2 rings (SSSR count). The molecule has 0 spiro atoms. The maximum absolute atomic E-state index is 11.9. The van der Waals surface area contributed by atoms with Crippen LogP contribution in [0, 0.1) is 0 Å². The van der Waals surface area contributed by atoms with E-state index < -0.39 is 0 Å². The second-order valence-corrected chi connectivity index (χ2v) is 5.91. The molecule has 0 aliphatic carbocycles. The first-order valence-corrected chi connectivity index (χ1v) is 7.86. The van der Waals surface area contributed by atoms with Crippen LogP contribution in [0.4, 0.5) is 0 Å². The van der Waals surface area contributed by atoms with Crippen LogP contribution in [-0.2, 0) is 16.0 Å². The number of carbonyl (C=O) groups excluding carboxylic acids is 2. The quantitative estimate of drug-likeness (QED) is 0.633. The average Bonchev–Trinajstić information content (AvgIpc) is 3.10. The third-order valence-corrected chi connectivity index (χ3v) is 4.39. The Balaban J connectivity index is 1.70. The molecule has 0 saturated carbocycles. The molecule has 1 aliphatic heterocycles. The lowest BCUT2D eigenvalue weighted by atomic mass is 10.1. The minimum Gasteiger partial charge on any atom is -0.384 e. The molecule has 1 aromatic rings. The smallest absolute Gasteiger partial charge is 0.280 e. The van der Waals surface area contributed by atoms with Crippen molar-refractivity contribution < 1.29 is 14.1 Å². The first-order valence-electron chi connectivity index (χ1n) is 7.86. The number of aryl methyl sites for hydroxylation is 1. The zero-order chi connectivity index (χ0) is 16.8. The van der Waals surface area contributed by atoms with Gasteiger partial charge in [0.15, 0.2) is 0 Å². The molecule has 0 aromatic carbocycles. The number of likely N-dealkylation sites (tertiary alicyclic amines) is 1. The Morgan fingerprint density at radius 3 is 2.74 bits per heavy atom. The van der Waals surface area contributed by atoms with Crippen molar-refractivity contribution in [3.05, 3.63) is 22.2 Å². The topological polar surface area (TPSA) is 107 Å². The molecule has 1 fully saturated rings. The molecule has 2 amide bonds. The van der Waals surface area contributed by atoms with Gasteiger partial charge < -0.3 is 15.2 Å². The summed E-state index contributed by atoms with van der Waals surface area (Å²) in [6, 6.07) is 1.83. The highest BCUT2D eigenvalue weighted by molar-refractivity contribution is 5.76. The number of aromatic nitrogens is 1. The van der Waals surface area contributed by atoms with E-state index in [0.717, 1.165) is 12.8 Å². The summed E-state index contributed by atoms with van der Waals surface area (Å²) in [6.45, 7) is 0.566. The zero-order valence-electron chi connectivity index (χ0n) is 13.6. The van der Waals surface area contributed by atoms with Gasteiger partial charge in [-0.05, 0) is 19.9 Å². The molecule has 0 radical (unpaired) electrons. The monoisotopic (exact) mass is 324 g/mol. The van der Waals surface area contributed by atoms with Gasteiger partial charge in [-0.15, -0.1) is 0 Å². The number of carbonyl (C=O) groups is 2. The fraction of sp³-hybridized carbons (Fsp3) is 0.667. The van der Waals surface area contributed by atoms with E-state index in [-0.39, 0.29) is 35.9 Å². The number of hydrogen-bond donors (Lipinski definition) is 3. The Bertz CT molecular complexity index is 594. The van der Waals surface area contributed by atoms with Crippen LogP contribution in [0.25, 0.3) is 0 Å². The van der Waals surface area contributed by atoms with Crippen LogP contribution in [-0.4, -0.2) is 54.6 Å². The minimum atomic E-state index is -0.296. The second kappa shape index (κ2) is 7.96. The minimum absolute atomic E-state index is 0.0412. The van der Waals surface area contributed by atoms with Gasteiger partial charge in [0.2, 0.25) is 11.8 Å². The van der Waals surface area contributed by atoms with Crippen LogP contribution in [0.1, 0.15) is 31.4 Å². The van der Waals surface area contributed by atoms with Crippen molar-refractivity contribution >= 4 is 11.8 Å². The van der Waals surface area contributed by atoms with Crippen LogP contribution < -0.4 is 16.2 Å². The van der Waals surface area contributed by atoms with Crippen molar-refractivity contribution in [3.63, 3.8) is 0 Å². The number of likely N-dealkylation sites (N-methyl/N-ethyl adjacent to an activating group) is 1. The molecule has 1 aromatic heterocycles. The first kappa shape index (κ1) is 17.3. The Morgan fingerprint density at radius 1 is 1.35 bits per heavy atom. The summed E-state index contributed by atoms with van der Waals surface area (Å²) in [5.41, 5.74) is -0.296. The lowest BCUT2D eigenvalue weighted by Crippen LogP contribution is -2.42. The van der Waals surface area contributed by atoms with E-state index in [9.17, 15) is 14.4 Å². The van der Waals surface area contributed by atoms with E-state index in [1.165, 1.54) is 6.07 Å². The molecule has 8 heteroatoms. The standard InChI is InChI=1S/C15H24N4O4/c1-16-14(21)7-10-3-4-11(19(10)2)9-17-13(20)6-5-12-8-15(22)18-23-12/h8,10-11H,3-7,9H2,1-2H3,(H,16,21)(H,17,20)(H,18,22)/t10-,11+/m1/s1. The third-order valence-electron chi connectivity index (χ3n) is 4.39. The van der Waals surface area contributed by atoms with Crippen molar-refractivity contribution in [2.45, 2.75) is 44.2 Å². The van der Waals surface area contributed by atoms with Crippen molar-refractivity contribution in [1.29, 1.82) is 0 Å². The average molecular weight is 324 g/mol. The van der Waals surface area contributed by atoms with Gasteiger partial charge >= 0.3 is 0 Å². The summed E-state index contributed by atoms with van der Waals surface area (Å²) in [5.74, 6) is 0.449. The Hall–Kier alpha value is -2.09. The van der Waals surface area contributed by atoms with E-state index in [2.05, 4.69) is 20.7 Å². The van der Waals surface area contributed by atoms with Gasteiger partial charge in [-0.3, -0.25) is 19.3 Å². The van der Waals surface area contributed by atoms with Gasteiger partial charge in [0, 0.05) is 51.0 Å². The number of hydrogen-bond acceptors (Lipinski definition) is 5. The molecule has 2 atom stereocenters. The van der Waals surface area contributed by atoms with Crippen LogP contribution in [0.3, 0.4) is 0 Å². The number of nitrogens with zero attached hydrogens (tertiary/aromatic N) is 1. The molecule has 1 aliphatic rings. The highest BCUT2D eigenvalue weighted by Gasteiger charge is 2.31. The Morgan fingerprint density at radius 2 is 2.09 bits per heavy atom. The molecule has 0 bridgehead atoms. The number of H-pyrrole nitrogens is 1. The summed E-state index contributed by atoms with van der Waals surface area (Å²) in [5, 5.41) is 7.75. The maximum Gasteiger partial charge on any atom is 0.280 e. The molecule has 3 N–H and O–H groups in total. The van der Waals surface area contributed by atoms with Gasteiger partial charge in [0.25, 0.3) is 5.56 Å². The second-order valence-electron chi connectivity index (χ2n) is 5.91. The van der Waals surface area contributed by atoms with Gasteiger partial charge in [-0.2, -0.15) is 5.16 Å². The first-order chi connectivity index (χ1) is 11.0. The summed E-state index contributed by atoms with van der Waals surface area (Å²) in [4.78, 5) is 36.4. The van der Waals surface area contributed by atoms with Crippen LogP contribution in [0.5, 0.6) is 0 Å². The highest BCUT2D eigenvalue weighted by atomic mass is 16.5. The predicted octanol–water partition coefficient (Wildman–Crippen LogP) is -0.384. The Kier molecular flexibility index (Phi) is 5.97. The fourth-order valence-corrected chi connectivity index (χ4v) is 2.90. The summed E-state index contributed by atoms with van der Waals surface area (Å²) in [7, 11) is 3.63. The molecule has 2 heterocycles. The normalized spacial score (nSPS) is 21.3. The summed E-state index contributed by atoms with van der Waals surface area (Å²) in [6.07, 6.45) is 3.08. The van der Waals surface area contributed by atoms with Crippen molar-refractivity contribution in [3.8, 4) is 0 Å². The van der Waals surface area contributed by atoms with Crippen LogP contribution >= 0.6 is 0 Å². The largest absolute Gasteiger partial charge is 0.384 e. The van der Waals surface area contributed by atoms with E-state index >= 15 is 0 Å². The van der Waals surface area contributed by atoms with E-state index in [1.54, 1.807) is 7.05 Å². The van der Waals surface area contributed by atoms with E-state index in [4.69, 9.17) is 4.52 Å². The summed E-state index contributed by atoms with van der Waals surface area (Å²) < 4.78 is 4.91. The Labute approximate surface area is 134 Å². The van der Waals surface area contributed by atoms with Gasteiger partial charge in [0.1, 0.15) is 5.76 Å². The molecule has 23 heavy (non-hydrogen) atoms. The van der Waals surface area contributed by atoms with Gasteiger partial charge in [-0.25, -0.2) is 0 Å². The number of rotatable bonds is 7. The van der Waals surface area contributed by atoms with Gasteiger partial charge in [-0.1, -0.05) is 0 Å². The zero-order valence-corrected chi connectivity index (χ0v) is 13.6. The van der Waals surface area contributed by atoms with Crippen molar-refractivity contribution in [1.82, 2.24) is 20.7 Å². The molecule has 1 saturated heterocycles. The van der Waals surface area contributed by atoms with E-state index in [0.29, 0.717) is 25.1 Å². The number of nitrogens with one attached hydrogen (secondary N) is 3. The molecule has 0 unspecified atom stereocenters. The highest BCUT2D eigenvalue weighted by Crippen LogP contribution is 2.24. The van der Waals surface area contributed by atoms with Crippen LogP contribution in [0.15, 0.2) is 15.4 Å². The maximum atomic E-state index is 11.9. The summed E-state index contributed by atoms with van der Waals surface area (Å²) >= 11 is 0. The molecule has 8 nitrogen and oxygen atoms in total. The number of aromatic amines is 1. The number of amides is 2. The molecular weight excluding hydrogens is 300 g/mol. The molecule has 128 valence electrons. The molecular formula is C15H24N4O4. The van der Waals surface area contributed by atoms with Crippen molar-refractivity contribution in [2.24, 2.45) is 0 Å². The lowest BCUT2D eigenvalue weighted by molar-refractivity contribution is -0.122. The van der Waals surface area contributed by atoms with Crippen LogP contribution in [0.2, 0.25) is 0 Å². The SMILES string of the molecule is CNC(=O)C[C@H]1CC[C@@H](CNC(=O)CCc2cc(=O)[nH]o2)N1C. The fourth-order valence-electron chi connectivity index (χ4n) is 2.90. The van der Waals surface area contributed by atoms with Gasteiger partial charge in [0.05, 0.1) is 0 Å². The lowest BCUT2D eigenvalue weighted by Gasteiger charge is -2.25. The van der Waals surface area contributed by atoms with Crippen molar-refractivity contribution in [2.75, 3.05) is 20.6 Å². The van der Waals surface area contributed by atoms with E-state index in [1.807, 2.05) is 7.05 Å².